The van der Waals surface area contributed by atoms with Crippen molar-refractivity contribution in [3.8, 4) is 0 Å². The summed E-state index contributed by atoms with van der Waals surface area (Å²) < 4.78 is 5.40. The number of aliphatic hydroxyl groups is 2. The van der Waals surface area contributed by atoms with Crippen molar-refractivity contribution < 1.29 is 24.5 Å². The maximum atomic E-state index is 11.7. The molecule has 0 spiro atoms. The Morgan fingerprint density at radius 3 is 2.82 bits per heavy atom. The van der Waals surface area contributed by atoms with Crippen molar-refractivity contribution >= 4 is 11.9 Å². The number of urea groups is 1. The van der Waals surface area contributed by atoms with Gasteiger partial charge in [0.05, 0.1) is 18.1 Å². The summed E-state index contributed by atoms with van der Waals surface area (Å²) in [6.07, 6.45) is -2.82. The smallest absolute Gasteiger partial charge is 0.326 e. The van der Waals surface area contributed by atoms with Crippen LogP contribution in [0.1, 0.15) is 13.3 Å². The van der Waals surface area contributed by atoms with E-state index >= 15 is 0 Å². The molecule has 7 heteroatoms. The normalized spacial score (nSPS) is 49.0. The molecule has 3 amide bonds. The number of amides is 3. The Bertz CT molecular complexity index is 387. The lowest BCUT2D eigenvalue weighted by molar-refractivity contribution is -0.187. The van der Waals surface area contributed by atoms with Crippen LogP contribution < -0.4 is 5.32 Å². The van der Waals surface area contributed by atoms with Crippen molar-refractivity contribution in [2.75, 3.05) is 0 Å². The number of hydrogen-bond acceptors (Lipinski definition) is 5. The molecule has 0 aromatic heterocycles. The third-order valence-corrected chi connectivity index (χ3v) is 3.85. The first-order valence-corrected chi connectivity index (χ1v) is 5.65. The van der Waals surface area contributed by atoms with E-state index in [9.17, 15) is 19.8 Å². The Morgan fingerprint density at radius 2 is 2.12 bits per heavy atom. The predicted molar refractivity (Wildman–Crippen MR) is 53.6 cm³/mol. The quantitative estimate of drug-likeness (QED) is 0.475. The van der Waals surface area contributed by atoms with E-state index in [2.05, 4.69) is 5.32 Å². The molecule has 17 heavy (non-hydrogen) atoms. The van der Waals surface area contributed by atoms with Crippen LogP contribution in [0.2, 0.25) is 0 Å². The molecule has 94 valence electrons. The van der Waals surface area contributed by atoms with Crippen LogP contribution >= 0.6 is 0 Å². The van der Waals surface area contributed by atoms with Crippen LogP contribution in [0.4, 0.5) is 4.79 Å². The van der Waals surface area contributed by atoms with Crippen LogP contribution in [0.25, 0.3) is 0 Å². The van der Waals surface area contributed by atoms with Crippen LogP contribution in [-0.4, -0.2) is 57.6 Å². The first-order chi connectivity index (χ1) is 8.00. The number of ether oxygens (including phenoxy) is 1. The van der Waals surface area contributed by atoms with Gasteiger partial charge in [0.15, 0.2) is 0 Å². The summed E-state index contributed by atoms with van der Waals surface area (Å²) in [5.41, 5.74) is 0. The van der Waals surface area contributed by atoms with E-state index in [0.717, 1.165) is 0 Å². The average Bonchev–Trinajstić information content (AvgIpc) is 2.59. The maximum Gasteiger partial charge on any atom is 0.326 e. The summed E-state index contributed by atoms with van der Waals surface area (Å²) >= 11 is 0. The largest absolute Gasteiger partial charge is 0.390 e. The van der Waals surface area contributed by atoms with Gasteiger partial charge in [-0.05, 0) is 0 Å². The summed E-state index contributed by atoms with van der Waals surface area (Å²) in [7, 11) is 0. The van der Waals surface area contributed by atoms with Gasteiger partial charge in [0.25, 0.3) is 0 Å². The minimum absolute atomic E-state index is 0.270. The molecule has 2 bridgehead atoms. The molecular formula is C10H14N2O5. The van der Waals surface area contributed by atoms with E-state index in [0.29, 0.717) is 0 Å². The highest BCUT2D eigenvalue weighted by Gasteiger charge is 2.57. The number of imide groups is 1. The number of carbonyl (C=O) groups is 2. The van der Waals surface area contributed by atoms with Crippen molar-refractivity contribution in [3.63, 3.8) is 0 Å². The second-order valence-corrected chi connectivity index (χ2v) is 4.83. The Kier molecular flexibility index (Phi) is 2.19. The van der Waals surface area contributed by atoms with Gasteiger partial charge in [-0.15, -0.1) is 0 Å². The lowest BCUT2D eigenvalue weighted by Gasteiger charge is -2.47. The second kappa shape index (κ2) is 3.41. The zero-order valence-electron chi connectivity index (χ0n) is 9.24. The van der Waals surface area contributed by atoms with Gasteiger partial charge in [-0.25, -0.2) is 4.79 Å². The monoisotopic (exact) mass is 242 g/mol. The Labute approximate surface area is 97.3 Å². The van der Waals surface area contributed by atoms with E-state index in [4.69, 9.17) is 4.74 Å². The maximum absolute atomic E-state index is 11.7. The van der Waals surface area contributed by atoms with E-state index in [-0.39, 0.29) is 6.42 Å². The SMILES string of the molecule is CC1C(=O)NC(=O)N2C1C(O)[C@H]1O[C@@H]2C[C@H]1O. The van der Waals surface area contributed by atoms with Crippen LogP contribution in [0.15, 0.2) is 0 Å². The third kappa shape index (κ3) is 1.33. The van der Waals surface area contributed by atoms with Crippen LogP contribution in [0.3, 0.4) is 0 Å². The summed E-state index contributed by atoms with van der Waals surface area (Å²) in [5, 5.41) is 22.1. The molecule has 3 aliphatic heterocycles. The lowest BCUT2D eigenvalue weighted by atomic mass is 9.89. The van der Waals surface area contributed by atoms with Crippen molar-refractivity contribution in [2.45, 2.75) is 43.9 Å². The van der Waals surface area contributed by atoms with Crippen LogP contribution in [0.5, 0.6) is 0 Å². The lowest BCUT2D eigenvalue weighted by Crippen LogP contribution is -2.69. The second-order valence-electron chi connectivity index (χ2n) is 4.83. The van der Waals surface area contributed by atoms with Gasteiger partial charge < -0.3 is 14.9 Å². The molecule has 7 nitrogen and oxygen atoms in total. The first kappa shape index (κ1) is 10.9. The highest BCUT2D eigenvalue weighted by Crippen LogP contribution is 2.38. The molecule has 6 atom stereocenters. The summed E-state index contributed by atoms with van der Waals surface area (Å²) in [6.45, 7) is 1.65. The highest BCUT2D eigenvalue weighted by molar-refractivity contribution is 5.98. The van der Waals surface area contributed by atoms with Gasteiger partial charge in [0.1, 0.15) is 18.4 Å². The molecule has 3 N–H and O–H groups in total. The molecule has 0 aromatic carbocycles. The van der Waals surface area contributed by atoms with Gasteiger partial charge in [0, 0.05) is 6.42 Å². The van der Waals surface area contributed by atoms with Gasteiger partial charge >= 0.3 is 6.03 Å². The molecule has 3 rings (SSSR count). The van der Waals surface area contributed by atoms with Gasteiger partial charge in [-0.2, -0.15) is 0 Å². The Balaban J connectivity index is 1.99. The fourth-order valence-corrected chi connectivity index (χ4v) is 2.95. The first-order valence-electron chi connectivity index (χ1n) is 5.65. The Morgan fingerprint density at radius 1 is 1.41 bits per heavy atom. The van der Waals surface area contributed by atoms with E-state index < -0.39 is 48.4 Å². The number of aliphatic hydroxyl groups excluding tert-OH is 2. The fraction of sp³-hybridized carbons (Fsp3) is 0.800. The molecule has 3 saturated heterocycles. The molecular weight excluding hydrogens is 228 g/mol. The number of carbonyl (C=O) groups excluding carboxylic acids is 2. The van der Waals surface area contributed by atoms with Crippen molar-refractivity contribution in [1.29, 1.82) is 0 Å². The van der Waals surface area contributed by atoms with E-state index in [1.54, 1.807) is 6.92 Å². The third-order valence-electron chi connectivity index (χ3n) is 3.85. The van der Waals surface area contributed by atoms with E-state index in [1.807, 2.05) is 0 Å². The molecule has 0 aliphatic carbocycles. The molecule has 0 aromatic rings. The number of fused-ring (bicyclic) bond motifs is 4. The van der Waals surface area contributed by atoms with Gasteiger partial charge in [0.2, 0.25) is 5.91 Å². The summed E-state index contributed by atoms with van der Waals surface area (Å²) in [4.78, 5) is 24.6. The predicted octanol–water partition coefficient (Wildman–Crippen LogP) is -1.61. The average molecular weight is 242 g/mol. The van der Waals surface area contributed by atoms with Crippen LogP contribution in [0, 0.1) is 5.92 Å². The molecule has 3 aliphatic rings. The van der Waals surface area contributed by atoms with Gasteiger partial charge in [-0.1, -0.05) is 6.92 Å². The Hall–Kier alpha value is -1.18. The van der Waals surface area contributed by atoms with Crippen molar-refractivity contribution in [2.24, 2.45) is 5.92 Å². The summed E-state index contributed by atoms with van der Waals surface area (Å²) in [5.74, 6) is -0.909. The van der Waals surface area contributed by atoms with Gasteiger partial charge in [-0.3, -0.25) is 15.0 Å². The van der Waals surface area contributed by atoms with E-state index in [1.165, 1.54) is 4.90 Å². The minimum Gasteiger partial charge on any atom is -0.390 e. The number of rotatable bonds is 0. The van der Waals surface area contributed by atoms with Crippen LogP contribution in [-0.2, 0) is 9.53 Å². The fourth-order valence-electron chi connectivity index (χ4n) is 2.95. The number of nitrogens with one attached hydrogen (secondary N) is 1. The minimum atomic E-state index is -1.03. The number of nitrogens with zero attached hydrogens (tertiary/aromatic N) is 1. The zero-order chi connectivity index (χ0) is 12.3. The zero-order valence-corrected chi connectivity index (χ0v) is 9.24. The highest BCUT2D eigenvalue weighted by atomic mass is 16.6. The standard InChI is InChI=1S/C10H14N2O5/c1-3-6-7(14)8-4(13)2-5(17-8)12(6)10(16)11-9(3)15/h3-8,13-14H,2H2,1H3,(H,11,15,16)/t3?,4-,5-,6?,7?,8+/m1/s1. The van der Waals surface area contributed by atoms with Crippen molar-refractivity contribution in [3.05, 3.63) is 0 Å². The molecule has 3 unspecified atom stereocenters. The summed E-state index contributed by atoms with van der Waals surface area (Å²) in [6, 6.07) is -1.17. The topological polar surface area (TPSA) is 99.1 Å². The van der Waals surface area contributed by atoms with Crippen molar-refractivity contribution in [1.82, 2.24) is 10.2 Å². The number of hydrogen-bond donors (Lipinski definition) is 3. The molecule has 3 heterocycles. The molecule has 0 radical (unpaired) electrons. The molecule has 0 saturated carbocycles. The molecule has 3 fully saturated rings.